The van der Waals surface area contributed by atoms with E-state index < -0.39 is 5.78 Å². The van der Waals surface area contributed by atoms with Gasteiger partial charge in [0.15, 0.2) is 11.3 Å². The van der Waals surface area contributed by atoms with Crippen LogP contribution >= 0.6 is 23.2 Å². The predicted molar refractivity (Wildman–Crippen MR) is 130 cm³/mol. The van der Waals surface area contributed by atoms with Crippen LogP contribution in [0.2, 0.25) is 10.0 Å². The van der Waals surface area contributed by atoms with E-state index >= 15 is 0 Å². The van der Waals surface area contributed by atoms with Crippen molar-refractivity contribution in [3.63, 3.8) is 0 Å². The van der Waals surface area contributed by atoms with Crippen LogP contribution in [0.15, 0.2) is 35.4 Å². The number of furan rings is 1. The lowest BCUT2D eigenvalue weighted by Gasteiger charge is -2.32. The lowest BCUT2D eigenvalue weighted by atomic mass is 10.0. The van der Waals surface area contributed by atoms with Gasteiger partial charge in [0, 0.05) is 18.7 Å². The van der Waals surface area contributed by atoms with Gasteiger partial charge in [-0.15, -0.1) is 0 Å². The van der Waals surface area contributed by atoms with Gasteiger partial charge < -0.3 is 29.3 Å². The summed E-state index contributed by atoms with van der Waals surface area (Å²) in [5.41, 5.74) is 0.656. The molecule has 1 aromatic carbocycles. The Kier molecular flexibility index (Phi) is 7.44. The number of aromatic nitrogens is 2. The third-order valence-electron chi connectivity index (χ3n) is 5.48. The SMILES string of the molecule is C=CC(=O)NC1CCOCC1Nc1ncc2oc(C(=O)c3c(Cl)c(OC)cc(OC)c3Cl)cc2n1. The van der Waals surface area contributed by atoms with Gasteiger partial charge >= 0.3 is 0 Å². The van der Waals surface area contributed by atoms with E-state index in [1.165, 1.54) is 38.6 Å². The monoisotopic (exact) mass is 520 g/mol. The zero-order chi connectivity index (χ0) is 25.1. The molecule has 3 aromatic rings. The fourth-order valence-corrected chi connectivity index (χ4v) is 4.36. The largest absolute Gasteiger partial charge is 0.495 e. The zero-order valence-corrected chi connectivity index (χ0v) is 20.4. The highest BCUT2D eigenvalue weighted by Crippen LogP contribution is 2.41. The zero-order valence-electron chi connectivity index (χ0n) is 18.9. The molecule has 0 saturated carbocycles. The van der Waals surface area contributed by atoms with Crippen molar-refractivity contribution in [3.05, 3.63) is 52.4 Å². The maximum absolute atomic E-state index is 13.3. The van der Waals surface area contributed by atoms with Crippen molar-refractivity contribution in [1.29, 1.82) is 0 Å². The van der Waals surface area contributed by atoms with E-state index in [-0.39, 0.29) is 62.4 Å². The van der Waals surface area contributed by atoms with E-state index in [9.17, 15) is 9.59 Å². The van der Waals surface area contributed by atoms with Gasteiger partial charge in [-0.2, -0.15) is 0 Å². The Bertz CT molecular complexity index is 1270. The Balaban J connectivity index is 1.62. The summed E-state index contributed by atoms with van der Waals surface area (Å²) in [5, 5.41) is 6.11. The van der Waals surface area contributed by atoms with E-state index in [4.69, 9.17) is 41.8 Å². The standard InChI is InChI=1S/C23H22Cl2N4O6/c1-4-18(30)27-11-5-6-34-10-13(11)29-23-26-9-17-12(28-23)7-16(35-17)22(31)19-20(24)14(32-2)8-15(33-3)21(19)25/h4,7-9,11,13H,1,5-6,10H2,2-3H3,(H,27,30)(H,26,28,29). The topological polar surface area (TPSA) is 125 Å². The molecule has 0 spiro atoms. The Hall–Kier alpha value is -3.34. The highest BCUT2D eigenvalue weighted by atomic mass is 35.5. The van der Waals surface area contributed by atoms with Crippen molar-refractivity contribution < 1.29 is 28.2 Å². The molecule has 3 heterocycles. The van der Waals surface area contributed by atoms with Crippen LogP contribution in [0.5, 0.6) is 11.5 Å². The highest BCUT2D eigenvalue weighted by molar-refractivity contribution is 6.42. The Morgan fingerprint density at radius 2 is 1.89 bits per heavy atom. The number of halogens is 2. The Morgan fingerprint density at radius 1 is 1.17 bits per heavy atom. The first kappa shape index (κ1) is 24.8. The summed E-state index contributed by atoms with van der Waals surface area (Å²) >= 11 is 12.7. The van der Waals surface area contributed by atoms with Crippen LogP contribution in [-0.4, -0.2) is 61.2 Å². The fourth-order valence-electron chi connectivity index (χ4n) is 3.69. The molecular weight excluding hydrogens is 499 g/mol. The third kappa shape index (κ3) is 5.04. The quantitative estimate of drug-likeness (QED) is 0.338. The number of nitrogens with zero attached hydrogens (tertiary/aromatic N) is 2. The minimum absolute atomic E-state index is 0.0185. The number of hydrogen-bond donors (Lipinski definition) is 2. The van der Waals surface area contributed by atoms with Crippen LogP contribution in [0.1, 0.15) is 22.5 Å². The number of ketones is 1. The van der Waals surface area contributed by atoms with Crippen molar-refractivity contribution in [1.82, 2.24) is 15.3 Å². The van der Waals surface area contributed by atoms with Crippen LogP contribution in [0.3, 0.4) is 0 Å². The molecule has 10 nitrogen and oxygen atoms in total. The number of ether oxygens (including phenoxy) is 3. The molecule has 1 saturated heterocycles. The van der Waals surface area contributed by atoms with E-state index in [2.05, 4.69) is 27.2 Å². The van der Waals surface area contributed by atoms with Gasteiger partial charge in [0.1, 0.15) is 17.0 Å². The van der Waals surface area contributed by atoms with Gasteiger partial charge in [-0.25, -0.2) is 9.97 Å². The average molecular weight is 521 g/mol. The maximum Gasteiger partial charge on any atom is 0.243 e. The molecule has 4 rings (SSSR count). The molecule has 2 unspecified atom stereocenters. The molecule has 1 aliphatic rings. The van der Waals surface area contributed by atoms with Gasteiger partial charge in [-0.1, -0.05) is 29.8 Å². The smallest absolute Gasteiger partial charge is 0.243 e. The van der Waals surface area contributed by atoms with Crippen LogP contribution < -0.4 is 20.1 Å². The number of amides is 1. The van der Waals surface area contributed by atoms with E-state index in [1.54, 1.807) is 0 Å². The molecule has 1 fully saturated rings. The van der Waals surface area contributed by atoms with Crippen LogP contribution in [-0.2, 0) is 9.53 Å². The molecular formula is C23H22Cl2N4O6. The van der Waals surface area contributed by atoms with E-state index in [0.717, 1.165) is 0 Å². The number of anilines is 1. The Labute approximate surface area is 210 Å². The molecule has 184 valence electrons. The summed E-state index contributed by atoms with van der Waals surface area (Å²) in [6.07, 6.45) is 3.28. The number of benzene rings is 1. The van der Waals surface area contributed by atoms with Gasteiger partial charge in [0.05, 0.1) is 54.7 Å². The molecule has 2 N–H and O–H groups in total. The predicted octanol–water partition coefficient (Wildman–Crippen LogP) is 3.65. The summed E-state index contributed by atoms with van der Waals surface area (Å²) in [4.78, 5) is 33.7. The lowest BCUT2D eigenvalue weighted by Crippen LogP contribution is -2.52. The first-order chi connectivity index (χ1) is 16.9. The van der Waals surface area contributed by atoms with Crippen molar-refractivity contribution in [3.8, 4) is 11.5 Å². The second-order valence-electron chi connectivity index (χ2n) is 7.60. The summed E-state index contributed by atoms with van der Waals surface area (Å²) < 4.78 is 21.7. The molecule has 1 aliphatic heterocycles. The molecule has 1 amide bonds. The minimum atomic E-state index is -0.572. The second-order valence-corrected chi connectivity index (χ2v) is 8.36. The summed E-state index contributed by atoms with van der Waals surface area (Å²) in [6.45, 7) is 4.36. The van der Waals surface area contributed by atoms with Crippen LogP contribution in [0.4, 0.5) is 5.95 Å². The minimum Gasteiger partial charge on any atom is -0.495 e. The number of rotatable bonds is 8. The van der Waals surface area contributed by atoms with Crippen molar-refractivity contribution in [2.24, 2.45) is 0 Å². The van der Waals surface area contributed by atoms with Crippen molar-refractivity contribution >= 4 is 51.9 Å². The molecule has 2 atom stereocenters. The number of methoxy groups -OCH3 is 2. The summed E-state index contributed by atoms with van der Waals surface area (Å²) in [5.74, 6) is -0.146. The first-order valence-electron chi connectivity index (χ1n) is 10.5. The summed E-state index contributed by atoms with van der Waals surface area (Å²) in [6, 6.07) is 2.50. The third-order valence-corrected chi connectivity index (χ3v) is 6.23. The van der Waals surface area contributed by atoms with Crippen molar-refractivity contribution in [2.75, 3.05) is 32.8 Å². The second kappa shape index (κ2) is 10.5. The number of hydrogen-bond acceptors (Lipinski definition) is 9. The van der Waals surface area contributed by atoms with Gasteiger partial charge in [0.25, 0.3) is 0 Å². The summed E-state index contributed by atoms with van der Waals surface area (Å²) in [7, 11) is 2.83. The molecule has 0 radical (unpaired) electrons. The first-order valence-corrected chi connectivity index (χ1v) is 11.3. The van der Waals surface area contributed by atoms with Crippen molar-refractivity contribution in [2.45, 2.75) is 18.5 Å². The highest BCUT2D eigenvalue weighted by Gasteiger charge is 2.29. The Morgan fingerprint density at radius 3 is 2.54 bits per heavy atom. The normalized spacial score (nSPS) is 17.6. The number of carbonyl (C=O) groups excluding carboxylic acids is 2. The number of nitrogens with one attached hydrogen (secondary N) is 2. The van der Waals surface area contributed by atoms with E-state index in [0.29, 0.717) is 25.2 Å². The molecule has 12 heteroatoms. The van der Waals surface area contributed by atoms with Crippen LogP contribution in [0, 0.1) is 0 Å². The van der Waals surface area contributed by atoms with Gasteiger partial charge in [0.2, 0.25) is 17.6 Å². The van der Waals surface area contributed by atoms with Gasteiger partial charge in [-0.05, 0) is 12.5 Å². The van der Waals surface area contributed by atoms with Crippen LogP contribution in [0.25, 0.3) is 11.1 Å². The molecule has 0 bridgehead atoms. The fraction of sp³-hybridized carbons (Fsp3) is 0.304. The van der Waals surface area contributed by atoms with Gasteiger partial charge in [-0.3, -0.25) is 9.59 Å². The molecule has 0 aliphatic carbocycles. The molecule has 35 heavy (non-hydrogen) atoms. The average Bonchev–Trinajstić information content (AvgIpc) is 3.29. The van der Waals surface area contributed by atoms with E-state index in [1.807, 2.05) is 0 Å². The number of fused-ring (bicyclic) bond motifs is 1. The lowest BCUT2D eigenvalue weighted by molar-refractivity contribution is -0.117. The maximum atomic E-state index is 13.3. The number of carbonyl (C=O) groups is 2. The molecule has 2 aromatic heterocycles.